The van der Waals surface area contributed by atoms with Crippen LogP contribution in [0.1, 0.15) is 19.3 Å². The highest BCUT2D eigenvalue weighted by molar-refractivity contribution is 6.36. The first-order valence-corrected chi connectivity index (χ1v) is 8.68. The lowest BCUT2D eigenvalue weighted by molar-refractivity contribution is 0.552. The summed E-state index contributed by atoms with van der Waals surface area (Å²) in [5, 5.41) is 5.33. The van der Waals surface area contributed by atoms with Crippen molar-refractivity contribution in [2.75, 3.05) is 11.4 Å². The molecule has 0 spiro atoms. The first kappa shape index (κ1) is 15.3. The third kappa shape index (κ3) is 2.53. The summed E-state index contributed by atoms with van der Waals surface area (Å²) in [6.07, 6.45) is 5.27. The van der Waals surface area contributed by atoms with Crippen molar-refractivity contribution in [1.29, 1.82) is 0 Å². The molecule has 2 unspecified atom stereocenters. The summed E-state index contributed by atoms with van der Waals surface area (Å²) >= 11 is 18.4. The Balaban J connectivity index is 1.77. The number of hydrogen-bond acceptors (Lipinski definition) is 3. The molecule has 4 rings (SSSR count). The Kier molecular flexibility index (Phi) is 3.79. The van der Waals surface area contributed by atoms with Crippen molar-refractivity contribution in [3.63, 3.8) is 0 Å². The number of aromatic nitrogens is 2. The number of benzene rings is 1. The van der Waals surface area contributed by atoms with Crippen LogP contribution in [0.5, 0.6) is 0 Å². The molecule has 1 aliphatic heterocycles. The summed E-state index contributed by atoms with van der Waals surface area (Å²) in [6.45, 7) is 0.956. The summed E-state index contributed by atoms with van der Waals surface area (Å²) in [6, 6.07) is 5.38. The summed E-state index contributed by atoms with van der Waals surface area (Å²) in [5.41, 5.74) is 0.832. The van der Waals surface area contributed by atoms with E-state index in [1.807, 2.05) is 0 Å². The van der Waals surface area contributed by atoms with Crippen LogP contribution in [0.25, 0.3) is 5.69 Å². The van der Waals surface area contributed by atoms with E-state index in [1.54, 1.807) is 24.4 Å². The molecule has 2 aliphatic rings. The molecule has 1 aromatic heterocycles. The van der Waals surface area contributed by atoms with Crippen molar-refractivity contribution in [2.45, 2.75) is 25.3 Å². The molecule has 7 heteroatoms. The number of fused-ring (bicyclic) bond motifs is 2. The maximum Gasteiger partial charge on any atom is 0.292 e. The summed E-state index contributed by atoms with van der Waals surface area (Å²) in [7, 11) is 0. The fourth-order valence-electron chi connectivity index (χ4n) is 3.67. The van der Waals surface area contributed by atoms with Gasteiger partial charge >= 0.3 is 0 Å². The Hall–Kier alpha value is -1.23. The van der Waals surface area contributed by atoms with E-state index in [4.69, 9.17) is 34.8 Å². The first-order chi connectivity index (χ1) is 11.0. The predicted octanol–water partition coefficient (Wildman–Crippen LogP) is 4.18. The molecule has 2 fully saturated rings. The van der Waals surface area contributed by atoms with E-state index in [0.29, 0.717) is 27.7 Å². The van der Waals surface area contributed by atoms with Crippen molar-refractivity contribution in [3.05, 3.63) is 49.8 Å². The van der Waals surface area contributed by atoms with Crippen LogP contribution >= 0.6 is 34.8 Å². The second kappa shape index (κ2) is 5.69. The number of nitrogens with zero attached hydrogens (tertiary/aromatic N) is 3. The average Bonchev–Trinajstić information content (AvgIpc) is 3.14. The predicted molar refractivity (Wildman–Crippen MR) is 93.3 cm³/mol. The van der Waals surface area contributed by atoms with E-state index < -0.39 is 0 Å². The van der Waals surface area contributed by atoms with E-state index in [1.165, 1.54) is 17.5 Å². The lowest BCUT2D eigenvalue weighted by Crippen LogP contribution is -2.34. The molecule has 0 amide bonds. The molecular formula is C16H14Cl3N3O. The molecule has 120 valence electrons. The molecule has 1 aliphatic carbocycles. The van der Waals surface area contributed by atoms with Gasteiger partial charge in [0.15, 0.2) is 0 Å². The van der Waals surface area contributed by atoms with Gasteiger partial charge in [0.2, 0.25) is 0 Å². The van der Waals surface area contributed by atoms with Crippen LogP contribution in [0.3, 0.4) is 0 Å². The molecule has 2 atom stereocenters. The molecule has 1 saturated carbocycles. The van der Waals surface area contributed by atoms with Crippen molar-refractivity contribution in [1.82, 2.24) is 9.78 Å². The van der Waals surface area contributed by atoms with Gasteiger partial charge in [-0.15, -0.1) is 0 Å². The van der Waals surface area contributed by atoms with Gasteiger partial charge in [-0.25, -0.2) is 0 Å². The fourth-order valence-corrected chi connectivity index (χ4v) is 4.39. The second-order valence-electron chi connectivity index (χ2n) is 6.14. The molecule has 2 heterocycles. The maximum atomic E-state index is 12.6. The zero-order valence-electron chi connectivity index (χ0n) is 12.2. The molecule has 0 N–H and O–H groups in total. The van der Waals surface area contributed by atoms with Gasteiger partial charge in [0, 0.05) is 17.6 Å². The Morgan fingerprint density at radius 2 is 1.96 bits per heavy atom. The zero-order chi connectivity index (χ0) is 16.1. The number of piperidine rings is 1. The molecule has 2 aromatic rings. The molecule has 23 heavy (non-hydrogen) atoms. The minimum Gasteiger partial charge on any atom is -0.366 e. The highest BCUT2D eigenvalue weighted by atomic mass is 35.5. The van der Waals surface area contributed by atoms with Crippen LogP contribution in [0, 0.1) is 5.92 Å². The average molecular weight is 371 g/mol. The minimum atomic E-state index is -0.365. The highest BCUT2D eigenvalue weighted by Crippen LogP contribution is 2.41. The minimum absolute atomic E-state index is 0.193. The summed E-state index contributed by atoms with van der Waals surface area (Å²) in [5.74, 6) is 0.712. The van der Waals surface area contributed by atoms with Gasteiger partial charge in [-0.1, -0.05) is 34.8 Å². The van der Waals surface area contributed by atoms with E-state index in [0.717, 1.165) is 18.7 Å². The molecular weight excluding hydrogens is 357 g/mol. The van der Waals surface area contributed by atoms with Gasteiger partial charge in [0.05, 0.1) is 22.6 Å². The van der Waals surface area contributed by atoms with Gasteiger partial charge < -0.3 is 4.90 Å². The Bertz CT molecular complexity index is 836. The highest BCUT2D eigenvalue weighted by Gasteiger charge is 2.39. The standard InChI is InChI=1S/C16H14Cl3N3O/c17-10-2-4-13(12(18)6-10)22-16(23)15(19)14(7-20-22)21-8-9-1-3-11(21)5-9/h2,4,6-7,9,11H,1,3,5,8H2. The zero-order valence-corrected chi connectivity index (χ0v) is 14.4. The molecule has 1 aromatic carbocycles. The van der Waals surface area contributed by atoms with Crippen LogP contribution in [0.15, 0.2) is 29.2 Å². The van der Waals surface area contributed by atoms with Crippen LogP contribution in [-0.2, 0) is 0 Å². The van der Waals surface area contributed by atoms with Crippen molar-refractivity contribution in [3.8, 4) is 5.69 Å². The topological polar surface area (TPSA) is 38.1 Å². The van der Waals surface area contributed by atoms with E-state index in [2.05, 4.69) is 10.00 Å². The lowest BCUT2D eigenvalue weighted by atomic mass is 10.1. The van der Waals surface area contributed by atoms with E-state index in [9.17, 15) is 4.79 Å². The van der Waals surface area contributed by atoms with Gasteiger partial charge in [-0.3, -0.25) is 4.79 Å². The van der Waals surface area contributed by atoms with Crippen LogP contribution in [0.2, 0.25) is 15.1 Å². The molecule has 4 nitrogen and oxygen atoms in total. The molecule has 1 saturated heterocycles. The van der Waals surface area contributed by atoms with Crippen LogP contribution < -0.4 is 10.5 Å². The number of halogens is 3. The quantitative estimate of drug-likeness (QED) is 0.796. The number of rotatable bonds is 2. The normalized spacial score (nSPS) is 22.8. The third-order valence-electron chi connectivity index (χ3n) is 4.76. The van der Waals surface area contributed by atoms with E-state index >= 15 is 0 Å². The van der Waals surface area contributed by atoms with Gasteiger partial charge in [0.25, 0.3) is 5.56 Å². The Morgan fingerprint density at radius 1 is 1.13 bits per heavy atom. The monoisotopic (exact) mass is 369 g/mol. The van der Waals surface area contributed by atoms with Crippen molar-refractivity contribution < 1.29 is 0 Å². The fraction of sp³-hybridized carbons (Fsp3) is 0.375. The second-order valence-corrected chi connectivity index (χ2v) is 7.36. The molecule has 0 radical (unpaired) electrons. The number of hydrogen-bond donors (Lipinski definition) is 0. The van der Waals surface area contributed by atoms with E-state index in [-0.39, 0.29) is 10.6 Å². The Morgan fingerprint density at radius 3 is 2.61 bits per heavy atom. The molecule has 2 bridgehead atoms. The van der Waals surface area contributed by atoms with Crippen LogP contribution in [-0.4, -0.2) is 22.4 Å². The van der Waals surface area contributed by atoms with Crippen molar-refractivity contribution >= 4 is 40.5 Å². The van der Waals surface area contributed by atoms with Crippen LogP contribution in [0.4, 0.5) is 5.69 Å². The smallest absolute Gasteiger partial charge is 0.292 e. The van der Waals surface area contributed by atoms with Gasteiger partial charge in [-0.05, 0) is 43.4 Å². The largest absolute Gasteiger partial charge is 0.366 e. The first-order valence-electron chi connectivity index (χ1n) is 7.54. The SMILES string of the molecule is O=c1c(Cl)c(N2CC3CCC2C3)cnn1-c1ccc(Cl)cc1Cl. The summed E-state index contributed by atoms with van der Waals surface area (Å²) < 4.78 is 1.22. The number of anilines is 1. The van der Waals surface area contributed by atoms with Gasteiger partial charge in [0.1, 0.15) is 5.02 Å². The van der Waals surface area contributed by atoms with Crippen molar-refractivity contribution in [2.24, 2.45) is 5.92 Å². The van der Waals surface area contributed by atoms with Gasteiger partial charge in [-0.2, -0.15) is 9.78 Å². The third-order valence-corrected chi connectivity index (χ3v) is 5.65. The summed E-state index contributed by atoms with van der Waals surface area (Å²) in [4.78, 5) is 14.9. The lowest BCUT2D eigenvalue weighted by Gasteiger charge is -2.29. The Labute approximate surface area is 148 Å². The maximum absolute atomic E-state index is 12.6.